The minimum absolute atomic E-state index is 0.378. The maximum Gasteiger partial charge on any atom is 0.317 e. The highest BCUT2D eigenvalue weighted by Crippen LogP contribution is 2.21. The standard InChI is InChI=1S/C4H4ClN3OS/c5-3-7-1-2(10-3)8-4(6)9/h1H,(H3,6,8,9). The number of hydrogen-bond acceptors (Lipinski definition) is 3. The summed E-state index contributed by atoms with van der Waals surface area (Å²) in [5, 5.41) is 2.89. The first kappa shape index (κ1) is 7.30. The van der Waals surface area contributed by atoms with Gasteiger partial charge in [0.15, 0.2) is 4.47 Å². The van der Waals surface area contributed by atoms with Gasteiger partial charge in [0.25, 0.3) is 0 Å². The molecule has 54 valence electrons. The Kier molecular flexibility index (Phi) is 2.08. The maximum atomic E-state index is 10.2. The topological polar surface area (TPSA) is 68.0 Å². The molecule has 0 aromatic carbocycles. The van der Waals surface area contributed by atoms with Crippen molar-refractivity contribution < 1.29 is 4.79 Å². The molecule has 0 atom stereocenters. The molecular formula is C4H4ClN3OS. The molecular weight excluding hydrogens is 174 g/mol. The Morgan fingerprint density at radius 3 is 3.00 bits per heavy atom. The molecule has 0 fully saturated rings. The lowest BCUT2D eigenvalue weighted by Crippen LogP contribution is -2.18. The molecule has 0 bridgehead atoms. The molecule has 0 saturated carbocycles. The van der Waals surface area contributed by atoms with Gasteiger partial charge in [0.05, 0.1) is 6.20 Å². The quantitative estimate of drug-likeness (QED) is 0.679. The van der Waals surface area contributed by atoms with E-state index < -0.39 is 6.03 Å². The van der Waals surface area contributed by atoms with E-state index in [1.165, 1.54) is 6.20 Å². The van der Waals surface area contributed by atoms with Gasteiger partial charge in [-0.1, -0.05) is 22.9 Å². The fraction of sp³-hybridized carbons (Fsp3) is 0. The molecule has 10 heavy (non-hydrogen) atoms. The summed E-state index contributed by atoms with van der Waals surface area (Å²) in [6.07, 6.45) is 1.44. The highest BCUT2D eigenvalue weighted by atomic mass is 35.5. The SMILES string of the molecule is NC(=O)Nc1cnc(Cl)s1. The number of halogens is 1. The van der Waals surface area contributed by atoms with Gasteiger partial charge in [0.1, 0.15) is 5.00 Å². The third-order valence-electron chi connectivity index (χ3n) is 0.724. The zero-order chi connectivity index (χ0) is 7.56. The first-order valence-electron chi connectivity index (χ1n) is 2.36. The lowest BCUT2D eigenvalue weighted by atomic mass is 10.8. The number of anilines is 1. The van der Waals surface area contributed by atoms with Crippen LogP contribution in [0, 0.1) is 0 Å². The van der Waals surface area contributed by atoms with Crippen molar-refractivity contribution in [3.8, 4) is 0 Å². The number of nitrogens with zero attached hydrogens (tertiary/aromatic N) is 1. The highest BCUT2D eigenvalue weighted by Gasteiger charge is 1.99. The molecule has 0 spiro atoms. The second-order valence-electron chi connectivity index (χ2n) is 1.47. The number of thiazole rings is 1. The van der Waals surface area contributed by atoms with Crippen molar-refractivity contribution in [2.75, 3.05) is 5.32 Å². The molecule has 0 radical (unpaired) electrons. The van der Waals surface area contributed by atoms with E-state index in [4.69, 9.17) is 17.3 Å². The minimum atomic E-state index is -0.611. The van der Waals surface area contributed by atoms with Gasteiger partial charge < -0.3 is 5.73 Å². The van der Waals surface area contributed by atoms with Gasteiger partial charge in [-0.2, -0.15) is 0 Å². The summed E-state index contributed by atoms with van der Waals surface area (Å²) < 4.78 is 0.378. The zero-order valence-electron chi connectivity index (χ0n) is 4.80. The summed E-state index contributed by atoms with van der Waals surface area (Å²) in [5.41, 5.74) is 4.82. The molecule has 0 aliphatic rings. The summed E-state index contributed by atoms with van der Waals surface area (Å²) in [5.74, 6) is 0. The van der Waals surface area contributed by atoms with Crippen LogP contribution >= 0.6 is 22.9 Å². The Morgan fingerprint density at radius 2 is 2.60 bits per heavy atom. The van der Waals surface area contributed by atoms with Crippen LogP contribution in [-0.4, -0.2) is 11.0 Å². The predicted octanol–water partition coefficient (Wildman–Crippen LogP) is 1.29. The fourth-order valence-corrected chi connectivity index (χ4v) is 1.27. The fourth-order valence-electron chi connectivity index (χ4n) is 0.432. The van der Waals surface area contributed by atoms with Crippen molar-refractivity contribution in [2.45, 2.75) is 0 Å². The lowest BCUT2D eigenvalue weighted by molar-refractivity contribution is 0.259. The van der Waals surface area contributed by atoms with Crippen LogP contribution in [0.3, 0.4) is 0 Å². The Morgan fingerprint density at radius 1 is 1.90 bits per heavy atom. The van der Waals surface area contributed by atoms with Crippen molar-refractivity contribution in [3.63, 3.8) is 0 Å². The molecule has 1 rings (SSSR count). The van der Waals surface area contributed by atoms with Gasteiger partial charge in [0, 0.05) is 0 Å². The molecule has 0 unspecified atom stereocenters. The third kappa shape index (κ3) is 1.85. The molecule has 0 saturated heterocycles. The van der Waals surface area contributed by atoms with E-state index in [9.17, 15) is 4.79 Å². The average Bonchev–Trinajstić information content (AvgIpc) is 2.13. The van der Waals surface area contributed by atoms with Crippen LogP contribution in [0.5, 0.6) is 0 Å². The molecule has 2 amide bonds. The second-order valence-corrected chi connectivity index (χ2v) is 3.08. The maximum absolute atomic E-state index is 10.2. The second kappa shape index (κ2) is 2.85. The highest BCUT2D eigenvalue weighted by molar-refractivity contribution is 7.19. The van der Waals surface area contributed by atoms with Gasteiger partial charge in [-0.15, -0.1) is 0 Å². The summed E-state index contributed by atoms with van der Waals surface area (Å²) in [6.45, 7) is 0. The van der Waals surface area contributed by atoms with E-state index in [-0.39, 0.29) is 0 Å². The molecule has 6 heteroatoms. The van der Waals surface area contributed by atoms with Crippen molar-refractivity contribution in [1.82, 2.24) is 4.98 Å². The van der Waals surface area contributed by atoms with Crippen molar-refractivity contribution >= 4 is 34.0 Å². The Balaban J connectivity index is 2.67. The monoisotopic (exact) mass is 177 g/mol. The number of amides is 2. The van der Waals surface area contributed by atoms with Crippen molar-refractivity contribution in [1.29, 1.82) is 0 Å². The van der Waals surface area contributed by atoms with E-state index in [0.29, 0.717) is 9.47 Å². The van der Waals surface area contributed by atoms with Gasteiger partial charge in [-0.25, -0.2) is 9.78 Å². The lowest BCUT2D eigenvalue weighted by Gasteiger charge is -1.91. The van der Waals surface area contributed by atoms with Crippen LogP contribution in [0.4, 0.5) is 9.80 Å². The predicted molar refractivity (Wildman–Crippen MR) is 40.3 cm³/mol. The summed E-state index contributed by atoms with van der Waals surface area (Å²) >= 11 is 6.62. The number of hydrogen-bond donors (Lipinski definition) is 2. The smallest absolute Gasteiger partial charge is 0.317 e. The first-order valence-corrected chi connectivity index (χ1v) is 3.55. The van der Waals surface area contributed by atoms with Crippen LogP contribution in [-0.2, 0) is 0 Å². The normalized spacial score (nSPS) is 9.30. The van der Waals surface area contributed by atoms with Crippen LogP contribution in [0.2, 0.25) is 4.47 Å². The zero-order valence-corrected chi connectivity index (χ0v) is 6.37. The Hall–Kier alpha value is -0.810. The Bertz CT molecular complexity index is 248. The molecule has 0 aliphatic carbocycles. The average molecular weight is 178 g/mol. The summed E-state index contributed by atoms with van der Waals surface area (Å²) in [6, 6.07) is -0.611. The molecule has 1 aromatic heterocycles. The van der Waals surface area contributed by atoms with Crippen LogP contribution < -0.4 is 11.1 Å². The summed E-state index contributed by atoms with van der Waals surface area (Å²) in [4.78, 5) is 13.9. The van der Waals surface area contributed by atoms with Crippen LogP contribution in [0.25, 0.3) is 0 Å². The molecule has 1 aromatic rings. The Labute approximate surface area is 66.0 Å². The number of rotatable bonds is 1. The number of nitrogens with two attached hydrogens (primary N) is 1. The molecule has 4 nitrogen and oxygen atoms in total. The van der Waals surface area contributed by atoms with E-state index in [0.717, 1.165) is 11.3 Å². The van der Waals surface area contributed by atoms with E-state index in [1.54, 1.807) is 0 Å². The third-order valence-corrected chi connectivity index (χ3v) is 1.75. The number of aromatic nitrogens is 1. The van der Waals surface area contributed by atoms with Crippen LogP contribution in [0.15, 0.2) is 6.20 Å². The molecule has 1 heterocycles. The van der Waals surface area contributed by atoms with E-state index >= 15 is 0 Å². The van der Waals surface area contributed by atoms with E-state index in [1.807, 2.05) is 0 Å². The first-order chi connectivity index (χ1) is 4.68. The number of primary amides is 1. The molecule has 3 N–H and O–H groups in total. The number of urea groups is 1. The van der Waals surface area contributed by atoms with Crippen molar-refractivity contribution in [3.05, 3.63) is 10.7 Å². The van der Waals surface area contributed by atoms with Crippen LogP contribution in [0.1, 0.15) is 0 Å². The number of carbonyl (C=O) groups excluding carboxylic acids is 1. The molecule has 0 aliphatic heterocycles. The van der Waals surface area contributed by atoms with Crippen molar-refractivity contribution in [2.24, 2.45) is 5.73 Å². The number of nitrogens with one attached hydrogen (secondary N) is 1. The van der Waals surface area contributed by atoms with Gasteiger partial charge in [0.2, 0.25) is 0 Å². The van der Waals surface area contributed by atoms with Gasteiger partial charge in [-0.05, 0) is 0 Å². The summed E-state index contributed by atoms with van der Waals surface area (Å²) in [7, 11) is 0. The van der Waals surface area contributed by atoms with Gasteiger partial charge in [-0.3, -0.25) is 5.32 Å². The van der Waals surface area contributed by atoms with E-state index in [2.05, 4.69) is 10.3 Å². The minimum Gasteiger partial charge on any atom is -0.351 e. The van der Waals surface area contributed by atoms with Gasteiger partial charge >= 0.3 is 6.03 Å². The largest absolute Gasteiger partial charge is 0.351 e. The number of carbonyl (C=O) groups is 1.